The Kier molecular flexibility index (Phi) is 4.93. The summed E-state index contributed by atoms with van der Waals surface area (Å²) < 4.78 is 6.14. The third kappa shape index (κ3) is 3.67. The Morgan fingerprint density at radius 2 is 1.36 bits per heavy atom. The van der Waals surface area contributed by atoms with E-state index >= 15 is 0 Å². The van der Waals surface area contributed by atoms with E-state index in [9.17, 15) is 9.59 Å². The summed E-state index contributed by atoms with van der Waals surface area (Å²) in [6.07, 6.45) is 0.646. The van der Waals surface area contributed by atoms with E-state index in [2.05, 4.69) is 4.99 Å². The standard InChI is InChI=1S/C24H17NO3/c26-20-16-21(17-10-4-1-5-11-17)28-23(18-12-6-2-7-13-18)22(20)25-24(27)19-14-8-3-9-15-19/h1-16,23H. The van der Waals surface area contributed by atoms with Crippen LogP contribution < -0.4 is 0 Å². The van der Waals surface area contributed by atoms with Gasteiger partial charge in [-0.05, 0) is 17.7 Å². The van der Waals surface area contributed by atoms with Crippen LogP contribution in [0.2, 0.25) is 0 Å². The lowest BCUT2D eigenvalue weighted by Gasteiger charge is -2.26. The lowest BCUT2D eigenvalue weighted by molar-refractivity contribution is -0.109. The van der Waals surface area contributed by atoms with Gasteiger partial charge in [0.05, 0.1) is 0 Å². The third-order valence-electron chi connectivity index (χ3n) is 4.41. The molecule has 0 saturated heterocycles. The van der Waals surface area contributed by atoms with Crippen LogP contribution in [0, 0.1) is 0 Å². The first kappa shape index (κ1) is 17.6. The first-order valence-corrected chi connectivity index (χ1v) is 8.93. The van der Waals surface area contributed by atoms with E-state index in [1.54, 1.807) is 24.3 Å². The summed E-state index contributed by atoms with van der Waals surface area (Å²) >= 11 is 0. The van der Waals surface area contributed by atoms with E-state index in [1.807, 2.05) is 66.7 Å². The van der Waals surface area contributed by atoms with Gasteiger partial charge in [0.15, 0.2) is 6.10 Å². The van der Waals surface area contributed by atoms with Gasteiger partial charge < -0.3 is 4.74 Å². The molecule has 0 N–H and O–H groups in total. The number of amides is 1. The number of hydrogen-bond acceptors (Lipinski definition) is 3. The number of ketones is 1. The highest BCUT2D eigenvalue weighted by atomic mass is 16.5. The van der Waals surface area contributed by atoms with Crippen molar-refractivity contribution in [1.82, 2.24) is 0 Å². The molecule has 0 radical (unpaired) electrons. The van der Waals surface area contributed by atoms with Crippen molar-refractivity contribution in [2.75, 3.05) is 0 Å². The van der Waals surface area contributed by atoms with E-state index in [-0.39, 0.29) is 11.5 Å². The zero-order chi connectivity index (χ0) is 19.3. The normalized spacial score (nSPS) is 17.7. The molecule has 0 aromatic heterocycles. The first-order valence-electron chi connectivity index (χ1n) is 8.93. The molecule has 0 aliphatic carbocycles. The molecule has 4 rings (SSSR count). The highest BCUT2D eigenvalue weighted by Crippen LogP contribution is 2.32. The average Bonchev–Trinajstić information content (AvgIpc) is 2.76. The lowest BCUT2D eigenvalue weighted by Crippen LogP contribution is -2.28. The Hall–Kier alpha value is -3.79. The van der Waals surface area contributed by atoms with Crippen molar-refractivity contribution < 1.29 is 14.3 Å². The summed E-state index contributed by atoms with van der Waals surface area (Å²) in [6, 6.07) is 27.4. The number of carbonyl (C=O) groups excluding carboxylic acids is 2. The molecule has 1 aliphatic rings. The molecule has 136 valence electrons. The smallest absolute Gasteiger partial charge is 0.277 e. The van der Waals surface area contributed by atoms with Crippen molar-refractivity contribution in [2.24, 2.45) is 4.99 Å². The molecule has 1 heterocycles. The van der Waals surface area contributed by atoms with Crippen LogP contribution in [0.4, 0.5) is 0 Å². The molecular formula is C24H17NO3. The van der Waals surface area contributed by atoms with Crippen molar-refractivity contribution in [2.45, 2.75) is 6.10 Å². The topological polar surface area (TPSA) is 55.7 Å². The summed E-state index contributed by atoms with van der Waals surface area (Å²) in [6.45, 7) is 0. The van der Waals surface area contributed by atoms with Gasteiger partial charge in [-0.2, -0.15) is 0 Å². The number of hydrogen-bond donors (Lipinski definition) is 0. The van der Waals surface area contributed by atoms with E-state index in [1.165, 1.54) is 6.08 Å². The van der Waals surface area contributed by atoms with E-state index in [0.29, 0.717) is 11.3 Å². The number of ether oxygens (including phenoxy) is 1. The highest BCUT2D eigenvalue weighted by molar-refractivity contribution is 6.48. The largest absolute Gasteiger partial charge is 0.478 e. The quantitative estimate of drug-likeness (QED) is 0.677. The van der Waals surface area contributed by atoms with Gasteiger partial charge in [0.1, 0.15) is 11.5 Å². The van der Waals surface area contributed by atoms with Crippen LogP contribution in [0.15, 0.2) is 102 Å². The molecule has 0 bridgehead atoms. The highest BCUT2D eigenvalue weighted by Gasteiger charge is 2.32. The van der Waals surface area contributed by atoms with Crippen LogP contribution in [0.5, 0.6) is 0 Å². The first-order chi connectivity index (χ1) is 13.7. The second kappa shape index (κ2) is 7.84. The molecule has 28 heavy (non-hydrogen) atoms. The van der Waals surface area contributed by atoms with Gasteiger partial charge >= 0.3 is 0 Å². The number of nitrogens with zero attached hydrogens (tertiary/aromatic N) is 1. The Balaban J connectivity index is 1.77. The second-order valence-electron chi connectivity index (χ2n) is 6.32. The zero-order valence-electron chi connectivity index (χ0n) is 15.0. The minimum absolute atomic E-state index is 0.0831. The minimum Gasteiger partial charge on any atom is -0.478 e. The van der Waals surface area contributed by atoms with Crippen molar-refractivity contribution in [3.63, 3.8) is 0 Å². The fourth-order valence-electron chi connectivity index (χ4n) is 3.01. The van der Waals surface area contributed by atoms with Gasteiger partial charge in [-0.25, -0.2) is 4.99 Å². The number of rotatable bonds is 3. The van der Waals surface area contributed by atoms with E-state index < -0.39 is 12.0 Å². The zero-order valence-corrected chi connectivity index (χ0v) is 15.0. The fourth-order valence-corrected chi connectivity index (χ4v) is 3.01. The van der Waals surface area contributed by atoms with Crippen LogP contribution in [-0.2, 0) is 9.53 Å². The van der Waals surface area contributed by atoms with Crippen LogP contribution in [-0.4, -0.2) is 17.4 Å². The van der Waals surface area contributed by atoms with Gasteiger partial charge in [0.2, 0.25) is 5.78 Å². The molecule has 1 atom stereocenters. The SMILES string of the molecule is O=C1C=C(c2ccccc2)OC(c2ccccc2)C1=NC(=O)c1ccccc1. The molecular weight excluding hydrogens is 350 g/mol. The fraction of sp³-hybridized carbons (Fsp3) is 0.0417. The van der Waals surface area contributed by atoms with Crippen molar-refractivity contribution in [3.8, 4) is 0 Å². The Labute approximate surface area is 162 Å². The van der Waals surface area contributed by atoms with E-state index in [0.717, 1.165) is 11.1 Å². The molecule has 0 saturated carbocycles. The monoisotopic (exact) mass is 367 g/mol. The molecule has 3 aromatic carbocycles. The number of aliphatic imine (C=N–C) groups is 1. The number of carbonyl (C=O) groups is 2. The maximum Gasteiger partial charge on any atom is 0.277 e. The lowest BCUT2D eigenvalue weighted by atomic mass is 9.97. The van der Waals surface area contributed by atoms with Crippen LogP contribution in [0.3, 0.4) is 0 Å². The van der Waals surface area contributed by atoms with Gasteiger partial charge in [-0.1, -0.05) is 78.9 Å². The van der Waals surface area contributed by atoms with Gasteiger partial charge in [-0.3, -0.25) is 9.59 Å². The van der Waals surface area contributed by atoms with Crippen LogP contribution in [0.1, 0.15) is 27.6 Å². The Morgan fingerprint density at radius 3 is 2.00 bits per heavy atom. The summed E-state index contributed by atoms with van der Waals surface area (Å²) in [5, 5.41) is 0. The summed E-state index contributed by atoms with van der Waals surface area (Å²) in [5.74, 6) is -0.334. The maximum atomic E-state index is 12.9. The number of benzene rings is 3. The number of allylic oxidation sites excluding steroid dienone is 1. The van der Waals surface area contributed by atoms with Crippen molar-refractivity contribution in [3.05, 3.63) is 114 Å². The van der Waals surface area contributed by atoms with Gasteiger partial charge in [0, 0.05) is 17.2 Å². The predicted molar refractivity (Wildman–Crippen MR) is 108 cm³/mol. The molecule has 0 spiro atoms. The maximum absolute atomic E-state index is 12.9. The minimum atomic E-state index is -0.749. The van der Waals surface area contributed by atoms with Crippen molar-refractivity contribution >= 4 is 23.2 Å². The predicted octanol–water partition coefficient (Wildman–Crippen LogP) is 4.65. The van der Waals surface area contributed by atoms with Gasteiger partial charge in [0.25, 0.3) is 5.91 Å². The summed E-state index contributed by atoms with van der Waals surface area (Å²) in [4.78, 5) is 29.6. The summed E-state index contributed by atoms with van der Waals surface area (Å²) in [7, 11) is 0. The molecule has 3 aromatic rings. The molecule has 4 heteroatoms. The Bertz CT molecular complexity index is 1050. The van der Waals surface area contributed by atoms with Crippen molar-refractivity contribution in [1.29, 1.82) is 0 Å². The second-order valence-corrected chi connectivity index (χ2v) is 6.32. The molecule has 1 aliphatic heterocycles. The summed E-state index contributed by atoms with van der Waals surface area (Å²) in [5.41, 5.74) is 2.06. The molecule has 0 fully saturated rings. The molecule has 1 amide bonds. The van der Waals surface area contributed by atoms with E-state index in [4.69, 9.17) is 4.74 Å². The molecule has 4 nitrogen and oxygen atoms in total. The average molecular weight is 367 g/mol. The van der Waals surface area contributed by atoms with Crippen LogP contribution in [0.25, 0.3) is 5.76 Å². The third-order valence-corrected chi connectivity index (χ3v) is 4.41. The molecule has 1 unspecified atom stereocenters. The van der Waals surface area contributed by atoms with Gasteiger partial charge in [-0.15, -0.1) is 0 Å². The Morgan fingerprint density at radius 1 is 0.786 bits per heavy atom. The van der Waals surface area contributed by atoms with Crippen LogP contribution >= 0.6 is 0 Å².